The SMILES string of the molecule is Cc1ccc([C@@H](O)[C@@H](C)[C@H]2CC[C@H]3[C@@H]4CC[C@@H]5C[C@@](O)(C(F)(F)F)CC[C@]5(C)[C@H]4CC[C@]23C)cc1. The fraction of sp³-hybridized carbons (Fsp3) is 0.800. The zero-order valence-corrected chi connectivity index (χ0v) is 21.7. The Morgan fingerprint density at radius 2 is 1.54 bits per heavy atom. The Hall–Kier alpha value is -1.07. The van der Waals surface area contributed by atoms with Gasteiger partial charge in [0.15, 0.2) is 5.60 Å². The first-order valence-electron chi connectivity index (χ1n) is 13.8. The molecule has 1 aromatic rings. The molecule has 0 aromatic heterocycles. The molecule has 2 N–H and O–H groups in total. The molecule has 10 atom stereocenters. The Kier molecular flexibility index (Phi) is 6.19. The standard InChI is InChI=1S/C30H43F3O2/c1-18-5-7-20(8-6-18)26(34)19(2)23-11-12-24-22-10-9-21-17-29(35,30(31,32)33)16-15-27(21,3)25(22)13-14-28(23,24)4/h5-8,19,21-26,34-35H,9-17H2,1-4H3/t19-,21+,22-,23+,24-,25-,26-,27-,28+,29+/m0/s1. The fourth-order valence-corrected chi connectivity index (χ4v) is 9.69. The Bertz CT molecular complexity index is 929. The van der Waals surface area contributed by atoms with E-state index in [2.05, 4.69) is 52.0 Å². The molecule has 2 nitrogen and oxygen atoms in total. The van der Waals surface area contributed by atoms with Gasteiger partial charge in [0.05, 0.1) is 6.10 Å². The molecule has 4 aliphatic carbocycles. The zero-order valence-electron chi connectivity index (χ0n) is 21.7. The van der Waals surface area contributed by atoms with Crippen LogP contribution in [0, 0.1) is 53.3 Å². The van der Waals surface area contributed by atoms with Crippen LogP contribution in [0.4, 0.5) is 13.2 Å². The third-order valence-corrected chi connectivity index (χ3v) is 11.9. The van der Waals surface area contributed by atoms with Gasteiger partial charge in [-0.3, -0.25) is 0 Å². The summed E-state index contributed by atoms with van der Waals surface area (Å²) in [4.78, 5) is 0. The quantitative estimate of drug-likeness (QED) is 0.456. The lowest BCUT2D eigenvalue weighted by Gasteiger charge is -2.62. The largest absolute Gasteiger partial charge is 0.417 e. The van der Waals surface area contributed by atoms with Crippen molar-refractivity contribution in [2.75, 3.05) is 0 Å². The summed E-state index contributed by atoms with van der Waals surface area (Å²) >= 11 is 0. The molecule has 0 bridgehead atoms. The lowest BCUT2D eigenvalue weighted by molar-refractivity contribution is -0.290. The van der Waals surface area contributed by atoms with Gasteiger partial charge in [-0.05, 0) is 117 Å². The molecule has 196 valence electrons. The lowest BCUT2D eigenvalue weighted by atomic mass is 9.43. The van der Waals surface area contributed by atoms with Crippen molar-refractivity contribution in [1.29, 1.82) is 0 Å². The first-order chi connectivity index (χ1) is 16.3. The number of rotatable bonds is 3. The van der Waals surface area contributed by atoms with Crippen LogP contribution in [0.2, 0.25) is 0 Å². The zero-order chi connectivity index (χ0) is 25.4. The number of alkyl halides is 3. The van der Waals surface area contributed by atoms with E-state index in [-0.39, 0.29) is 35.5 Å². The molecular formula is C30H43F3O2. The van der Waals surface area contributed by atoms with E-state index in [0.29, 0.717) is 30.1 Å². The first kappa shape index (κ1) is 25.6. The van der Waals surface area contributed by atoms with Gasteiger partial charge < -0.3 is 10.2 Å². The molecule has 35 heavy (non-hydrogen) atoms. The van der Waals surface area contributed by atoms with Crippen molar-refractivity contribution in [2.45, 2.75) is 103 Å². The third kappa shape index (κ3) is 3.90. The van der Waals surface area contributed by atoms with E-state index in [1.54, 1.807) is 0 Å². The molecule has 5 rings (SSSR count). The molecule has 0 spiro atoms. The minimum atomic E-state index is -4.54. The average Bonchev–Trinajstić information content (AvgIpc) is 3.15. The van der Waals surface area contributed by atoms with Gasteiger partial charge in [0.2, 0.25) is 0 Å². The Labute approximate surface area is 208 Å². The van der Waals surface area contributed by atoms with Gasteiger partial charge in [0.25, 0.3) is 0 Å². The maximum Gasteiger partial charge on any atom is 0.417 e. The van der Waals surface area contributed by atoms with E-state index in [1.165, 1.54) is 12.0 Å². The summed E-state index contributed by atoms with van der Waals surface area (Å²) in [6.45, 7) is 8.96. The van der Waals surface area contributed by atoms with Gasteiger partial charge >= 0.3 is 6.18 Å². The topological polar surface area (TPSA) is 40.5 Å². The molecule has 0 unspecified atom stereocenters. The highest BCUT2D eigenvalue weighted by Crippen LogP contribution is 2.69. The van der Waals surface area contributed by atoms with Crippen molar-refractivity contribution < 1.29 is 23.4 Å². The lowest BCUT2D eigenvalue weighted by Crippen LogP contribution is -2.59. The Balaban J connectivity index is 1.34. The van der Waals surface area contributed by atoms with Crippen LogP contribution in [-0.2, 0) is 0 Å². The number of aliphatic hydroxyl groups is 2. The Morgan fingerprint density at radius 3 is 2.20 bits per heavy atom. The van der Waals surface area contributed by atoms with E-state index < -0.39 is 17.9 Å². The maximum atomic E-state index is 13.6. The van der Waals surface area contributed by atoms with Gasteiger partial charge in [-0.2, -0.15) is 13.2 Å². The summed E-state index contributed by atoms with van der Waals surface area (Å²) in [7, 11) is 0. The van der Waals surface area contributed by atoms with Crippen molar-refractivity contribution in [3.05, 3.63) is 35.4 Å². The van der Waals surface area contributed by atoms with E-state index >= 15 is 0 Å². The normalized spacial score (nSPS) is 45.2. The van der Waals surface area contributed by atoms with Crippen LogP contribution < -0.4 is 0 Å². The van der Waals surface area contributed by atoms with Gasteiger partial charge in [-0.15, -0.1) is 0 Å². The molecular weight excluding hydrogens is 449 g/mol. The fourth-order valence-electron chi connectivity index (χ4n) is 9.69. The van der Waals surface area contributed by atoms with Gasteiger partial charge in [0, 0.05) is 0 Å². The van der Waals surface area contributed by atoms with E-state index in [4.69, 9.17) is 0 Å². The second-order valence-electron chi connectivity index (χ2n) is 13.3. The predicted molar refractivity (Wildman–Crippen MR) is 132 cm³/mol. The van der Waals surface area contributed by atoms with E-state index in [9.17, 15) is 23.4 Å². The highest BCUT2D eigenvalue weighted by atomic mass is 19.4. The van der Waals surface area contributed by atoms with Crippen LogP contribution in [-0.4, -0.2) is 22.0 Å². The number of aryl methyl sites for hydroxylation is 1. The number of hydrogen-bond acceptors (Lipinski definition) is 2. The molecule has 4 aliphatic rings. The van der Waals surface area contributed by atoms with Crippen molar-refractivity contribution in [1.82, 2.24) is 0 Å². The molecule has 0 amide bonds. The molecule has 0 heterocycles. The van der Waals surface area contributed by atoms with Crippen molar-refractivity contribution in [3.8, 4) is 0 Å². The van der Waals surface area contributed by atoms with Crippen LogP contribution in [0.5, 0.6) is 0 Å². The molecule has 0 aliphatic heterocycles. The summed E-state index contributed by atoms with van der Waals surface area (Å²) in [5.74, 6) is 2.17. The molecule has 1 aromatic carbocycles. The number of halogens is 3. The van der Waals surface area contributed by atoms with Gasteiger partial charge in [-0.25, -0.2) is 0 Å². The highest BCUT2D eigenvalue weighted by molar-refractivity contribution is 5.24. The number of hydrogen-bond donors (Lipinski definition) is 2. The highest BCUT2D eigenvalue weighted by Gasteiger charge is 2.65. The monoisotopic (exact) mass is 492 g/mol. The summed E-state index contributed by atoms with van der Waals surface area (Å²) in [5.41, 5.74) is -0.242. The molecule has 4 saturated carbocycles. The van der Waals surface area contributed by atoms with Crippen LogP contribution in [0.1, 0.15) is 95.8 Å². The van der Waals surface area contributed by atoms with Crippen molar-refractivity contribution in [2.24, 2.45) is 46.3 Å². The molecule has 5 heteroatoms. The second kappa shape index (κ2) is 8.48. The third-order valence-electron chi connectivity index (χ3n) is 11.9. The second-order valence-corrected chi connectivity index (χ2v) is 13.3. The molecule has 0 radical (unpaired) electrons. The Morgan fingerprint density at radius 1 is 0.886 bits per heavy atom. The average molecular weight is 493 g/mol. The van der Waals surface area contributed by atoms with Crippen LogP contribution in [0.3, 0.4) is 0 Å². The van der Waals surface area contributed by atoms with Crippen LogP contribution >= 0.6 is 0 Å². The van der Waals surface area contributed by atoms with Crippen molar-refractivity contribution >= 4 is 0 Å². The van der Waals surface area contributed by atoms with Gasteiger partial charge in [0.1, 0.15) is 0 Å². The number of fused-ring (bicyclic) bond motifs is 5. The summed E-state index contributed by atoms with van der Waals surface area (Å²) in [6, 6.07) is 8.24. The van der Waals surface area contributed by atoms with Crippen LogP contribution in [0.25, 0.3) is 0 Å². The first-order valence-corrected chi connectivity index (χ1v) is 13.8. The smallest absolute Gasteiger partial charge is 0.388 e. The minimum absolute atomic E-state index is 0.0482. The molecule has 4 fully saturated rings. The van der Waals surface area contributed by atoms with E-state index in [1.807, 2.05) is 0 Å². The molecule has 0 saturated heterocycles. The number of aliphatic hydroxyl groups excluding tert-OH is 1. The van der Waals surface area contributed by atoms with Gasteiger partial charge in [-0.1, -0.05) is 50.6 Å². The summed E-state index contributed by atoms with van der Waals surface area (Å²) < 4.78 is 40.9. The van der Waals surface area contributed by atoms with E-state index in [0.717, 1.165) is 37.7 Å². The summed E-state index contributed by atoms with van der Waals surface area (Å²) in [5, 5.41) is 21.7. The van der Waals surface area contributed by atoms with Crippen molar-refractivity contribution in [3.63, 3.8) is 0 Å². The minimum Gasteiger partial charge on any atom is -0.388 e. The maximum absolute atomic E-state index is 13.6. The number of benzene rings is 1. The van der Waals surface area contributed by atoms with Crippen LogP contribution in [0.15, 0.2) is 24.3 Å². The predicted octanol–water partition coefficient (Wildman–Crippen LogP) is 7.62. The summed E-state index contributed by atoms with van der Waals surface area (Å²) in [6.07, 6.45) is 1.43.